The molecule has 222 valence electrons. The first-order chi connectivity index (χ1) is 20.4. The first-order valence-corrected chi connectivity index (χ1v) is 15.7. The van der Waals surface area contributed by atoms with Crippen molar-refractivity contribution in [3.63, 3.8) is 0 Å². The van der Waals surface area contributed by atoms with E-state index >= 15 is 0 Å². The fraction of sp³-hybridized carbons (Fsp3) is 0.351. The van der Waals surface area contributed by atoms with E-state index in [1.54, 1.807) is 12.1 Å². The van der Waals surface area contributed by atoms with Crippen LogP contribution in [0.15, 0.2) is 95.3 Å². The molecule has 0 saturated carbocycles. The van der Waals surface area contributed by atoms with E-state index in [-0.39, 0.29) is 28.3 Å². The third-order valence-corrected chi connectivity index (χ3v) is 9.42. The number of nitrogens with zero attached hydrogens (tertiary/aromatic N) is 1. The van der Waals surface area contributed by atoms with Crippen LogP contribution in [-0.4, -0.2) is 16.5 Å². The zero-order valence-electron chi connectivity index (χ0n) is 25.2. The molecule has 0 spiro atoms. The van der Waals surface area contributed by atoms with E-state index in [2.05, 4.69) is 44.7 Å². The summed E-state index contributed by atoms with van der Waals surface area (Å²) in [5.74, 6) is 0.572. The van der Waals surface area contributed by atoms with Gasteiger partial charge in [0.1, 0.15) is 12.4 Å². The van der Waals surface area contributed by atoms with Crippen LogP contribution < -0.4 is 4.74 Å². The van der Waals surface area contributed by atoms with Gasteiger partial charge in [-0.2, -0.15) is 0 Å². The lowest BCUT2D eigenvalue weighted by Gasteiger charge is -2.49. The number of allylic oxidation sites excluding steroid dienone is 4. The maximum atomic E-state index is 14.1. The molecule has 3 aromatic carbocycles. The van der Waals surface area contributed by atoms with Crippen LogP contribution in [0.25, 0.3) is 0 Å². The van der Waals surface area contributed by atoms with Gasteiger partial charge in [-0.3, -0.25) is 9.59 Å². The summed E-state index contributed by atoms with van der Waals surface area (Å²) in [5, 5.41) is 1.14. The molecule has 43 heavy (non-hydrogen) atoms. The number of hydrogen-bond donors (Lipinski definition) is 0. The van der Waals surface area contributed by atoms with E-state index in [0.29, 0.717) is 41.8 Å². The van der Waals surface area contributed by atoms with Gasteiger partial charge in [-0.15, -0.1) is 0 Å². The predicted octanol–water partition coefficient (Wildman–Crippen LogP) is 9.46. The molecule has 6 rings (SSSR count). The van der Waals surface area contributed by atoms with E-state index in [0.717, 1.165) is 52.1 Å². The number of ether oxygens (including phenoxy) is 1. The third-order valence-electron chi connectivity index (χ3n) is 8.83. The minimum atomic E-state index is -0.385. The van der Waals surface area contributed by atoms with Crippen molar-refractivity contribution in [1.82, 2.24) is 4.90 Å². The Bertz CT molecular complexity index is 1600. The Hall–Kier alpha value is -3.34. The quantitative estimate of drug-likeness (QED) is 0.278. The van der Waals surface area contributed by atoms with Crippen molar-refractivity contribution in [2.45, 2.75) is 72.4 Å². The molecule has 0 aromatic heterocycles. The average molecular weight is 615 g/mol. The average Bonchev–Trinajstić information content (AvgIpc) is 2.93. The Morgan fingerprint density at radius 1 is 0.767 bits per heavy atom. The van der Waals surface area contributed by atoms with E-state index in [4.69, 9.17) is 27.9 Å². The molecule has 0 fully saturated rings. The minimum absolute atomic E-state index is 0.135. The molecule has 0 saturated heterocycles. The van der Waals surface area contributed by atoms with Gasteiger partial charge in [-0.1, -0.05) is 99.4 Å². The third kappa shape index (κ3) is 6.05. The van der Waals surface area contributed by atoms with Crippen LogP contribution in [0, 0.1) is 10.8 Å². The first kappa shape index (κ1) is 29.7. The fourth-order valence-electron chi connectivity index (χ4n) is 6.89. The smallest absolute Gasteiger partial charge is 0.162 e. The molecule has 1 heterocycles. The normalized spacial score (nSPS) is 19.8. The van der Waals surface area contributed by atoms with Crippen molar-refractivity contribution in [3.8, 4) is 5.75 Å². The molecule has 0 amide bonds. The van der Waals surface area contributed by atoms with Crippen molar-refractivity contribution in [2.24, 2.45) is 10.8 Å². The summed E-state index contributed by atoms with van der Waals surface area (Å²) in [4.78, 5) is 30.4. The second-order valence-electron chi connectivity index (χ2n) is 13.7. The Morgan fingerprint density at radius 2 is 1.35 bits per heavy atom. The summed E-state index contributed by atoms with van der Waals surface area (Å²) in [6.45, 7) is 9.62. The van der Waals surface area contributed by atoms with Gasteiger partial charge in [0, 0.05) is 63.5 Å². The zero-order valence-corrected chi connectivity index (χ0v) is 26.7. The number of Topliss-reactive ketones (excluding diaryl/α,β-unsaturated/α-hetero) is 2. The Balaban J connectivity index is 1.42. The molecule has 6 heteroatoms. The molecule has 4 nitrogen and oxygen atoms in total. The highest BCUT2D eigenvalue weighted by molar-refractivity contribution is 6.35. The van der Waals surface area contributed by atoms with Gasteiger partial charge in [0.15, 0.2) is 11.6 Å². The second-order valence-corrected chi connectivity index (χ2v) is 14.5. The molecule has 3 aliphatic rings. The summed E-state index contributed by atoms with van der Waals surface area (Å²) in [5.41, 5.74) is 6.31. The number of benzene rings is 3. The molecule has 0 unspecified atom stereocenters. The van der Waals surface area contributed by atoms with Crippen LogP contribution in [0.1, 0.15) is 76.0 Å². The van der Waals surface area contributed by atoms with Gasteiger partial charge in [-0.05, 0) is 59.1 Å². The molecule has 0 bridgehead atoms. The second kappa shape index (κ2) is 11.3. The number of hydrogen-bond acceptors (Lipinski definition) is 4. The van der Waals surface area contributed by atoms with E-state index in [1.807, 2.05) is 48.5 Å². The fourth-order valence-corrected chi connectivity index (χ4v) is 7.36. The number of halogens is 2. The van der Waals surface area contributed by atoms with Crippen LogP contribution in [0.2, 0.25) is 10.0 Å². The Kier molecular flexibility index (Phi) is 7.81. The van der Waals surface area contributed by atoms with Gasteiger partial charge >= 0.3 is 0 Å². The Labute approximate surface area is 264 Å². The topological polar surface area (TPSA) is 46.6 Å². The number of rotatable bonds is 6. The van der Waals surface area contributed by atoms with Crippen molar-refractivity contribution in [1.29, 1.82) is 0 Å². The predicted molar refractivity (Wildman–Crippen MR) is 172 cm³/mol. The van der Waals surface area contributed by atoms with Crippen molar-refractivity contribution in [2.75, 3.05) is 0 Å². The molecule has 0 atom stereocenters. The molecule has 3 aromatic rings. The summed E-state index contributed by atoms with van der Waals surface area (Å²) in [6, 6.07) is 23.6. The summed E-state index contributed by atoms with van der Waals surface area (Å²) in [6.07, 6.45) is 2.50. The highest BCUT2D eigenvalue weighted by Crippen LogP contribution is 2.54. The summed E-state index contributed by atoms with van der Waals surface area (Å²) >= 11 is 12.4. The van der Waals surface area contributed by atoms with Crippen molar-refractivity contribution < 1.29 is 14.3 Å². The number of ketones is 2. The van der Waals surface area contributed by atoms with Crippen LogP contribution >= 0.6 is 23.2 Å². The van der Waals surface area contributed by atoms with Crippen LogP contribution in [0.5, 0.6) is 5.75 Å². The van der Waals surface area contributed by atoms with Crippen LogP contribution in [0.4, 0.5) is 0 Å². The van der Waals surface area contributed by atoms with Crippen molar-refractivity contribution >= 4 is 34.8 Å². The van der Waals surface area contributed by atoms with Crippen LogP contribution in [0.3, 0.4) is 0 Å². The van der Waals surface area contributed by atoms with Gasteiger partial charge in [0.2, 0.25) is 0 Å². The Morgan fingerprint density at radius 3 is 1.91 bits per heavy atom. The molecular weight excluding hydrogens is 577 g/mol. The minimum Gasteiger partial charge on any atom is -0.489 e. The standard InChI is InChI=1S/C37H37Cl2NO3/c1-36(2)17-29-34(31(41)19-36)33(24-11-14-27(15-12-24)43-22-25-10-13-26(38)16-28(25)39)35-30(18-37(3,4)20-32(35)42)40(29)21-23-8-6-5-7-9-23/h5-16,33H,17-22H2,1-4H3. The lowest BCUT2D eigenvalue weighted by Crippen LogP contribution is -2.44. The highest BCUT2D eigenvalue weighted by Gasteiger charge is 2.48. The molecule has 2 aliphatic carbocycles. The summed E-state index contributed by atoms with van der Waals surface area (Å²) < 4.78 is 6.05. The maximum Gasteiger partial charge on any atom is 0.162 e. The van der Waals surface area contributed by atoms with E-state index in [1.165, 1.54) is 0 Å². The molecule has 0 N–H and O–H groups in total. The first-order valence-electron chi connectivity index (χ1n) is 14.9. The summed E-state index contributed by atoms with van der Waals surface area (Å²) in [7, 11) is 0. The van der Waals surface area contributed by atoms with E-state index < -0.39 is 0 Å². The molecule has 0 radical (unpaired) electrons. The van der Waals surface area contributed by atoms with E-state index in [9.17, 15) is 9.59 Å². The SMILES string of the molecule is CC1(C)CC(=O)C2=C(C1)N(Cc1ccccc1)C1=C(C(=O)CC(C)(C)C1)C2c1ccc(OCc2ccc(Cl)cc2Cl)cc1. The van der Waals surface area contributed by atoms with Gasteiger partial charge in [0.25, 0.3) is 0 Å². The van der Waals surface area contributed by atoms with Gasteiger partial charge in [0.05, 0.1) is 0 Å². The highest BCUT2D eigenvalue weighted by atomic mass is 35.5. The number of carbonyl (C=O) groups is 2. The zero-order chi connectivity index (χ0) is 30.5. The monoisotopic (exact) mass is 613 g/mol. The number of carbonyl (C=O) groups excluding carboxylic acids is 2. The maximum absolute atomic E-state index is 14.1. The van der Waals surface area contributed by atoms with Crippen LogP contribution in [-0.2, 0) is 22.7 Å². The lowest BCUT2D eigenvalue weighted by atomic mass is 9.63. The molecule has 1 aliphatic heterocycles. The molecular formula is C37H37Cl2NO3. The van der Waals surface area contributed by atoms with Gasteiger partial charge < -0.3 is 9.64 Å². The lowest BCUT2D eigenvalue weighted by molar-refractivity contribution is -0.119. The van der Waals surface area contributed by atoms with Gasteiger partial charge in [-0.25, -0.2) is 0 Å². The largest absolute Gasteiger partial charge is 0.489 e. The van der Waals surface area contributed by atoms with Crippen molar-refractivity contribution in [3.05, 3.63) is 122 Å².